The van der Waals surface area contributed by atoms with E-state index in [4.69, 9.17) is 11.6 Å². The number of rotatable bonds is 6. The summed E-state index contributed by atoms with van der Waals surface area (Å²) in [5, 5.41) is 16.9. The molecular formula is C16H20ClN3O2. The zero-order valence-corrected chi connectivity index (χ0v) is 13.4. The van der Waals surface area contributed by atoms with Crippen LogP contribution in [-0.2, 0) is 0 Å². The molecule has 0 spiro atoms. The predicted molar refractivity (Wildman–Crippen MR) is 86.4 cm³/mol. The number of hydrogen-bond acceptors (Lipinski definition) is 3. The summed E-state index contributed by atoms with van der Waals surface area (Å²) in [5.41, 5.74) is 1.23. The topological polar surface area (TPSA) is 67.2 Å². The fourth-order valence-electron chi connectivity index (χ4n) is 2.22. The van der Waals surface area contributed by atoms with Gasteiger partial charge in [-0.1, -0.05) is 31.5 Å². The second-order valence-electron chi connectivity index (χ2n) is 5.64. The average molecular weight is 322 g/mol. The molecule has 1 atom stereocenters. The third-order valence-electron chi connectivity index (χ3n) is 3.23. The number of aliphatic hydroxyl groups excluding tert-OH is 1. The van der Waals surface area contributed by atoms with Crippen molar-refractivity contribution >= 4 is 17.5 Å². The van der Waals surface area contributed by atoms with Gasteiger partial charge in [0.05, 0.1) is 30.1 Å². The second-order valence-corrected chi connectivity index (χ2v) is 6.07. The summed E-state index contributed by atoms with van der Waals surface area (Å²) in [7, 11) is 0. The fourth-order valence-corrected chi connectivity index (χ4v) is 2.40. The summed E-state index contributed by atoms with van der Waals surface area (Å²) in [5.74, 6) is 0.152. The molecule has 0 saturated carbocycles. The van der Waals surface area contributed by atoms with Crippen LogP contribution in [0.4, 0.5) is 0 Å². The highest BCUT2D eigenvalue weighted by molar-refractivity contribution is 6.30. The Labute approximate surface area is 134 Å². The molecule has 2 aromatic rings. The molecule has 22 heavy (non-hydrogen) atoms. The van der Waals surface area contributed by atoms with Crippen LogP contribution in [-0.4, -0.2) is 33.4 Å². The van der Waals surface area contributed by atoms with Gasteiger partial charge in [-0.05, 0) is 30.5 Å². The Morgan fingerprint density at radius 2 is 2.23 bits per heavy atom. The van der Waals surface area contributed by atoms with Gasteiger partial charge in [0, 0.05) is 11.2 Å². The lowest BCUT2D eigenvalue weighted by atomic mass is 10.0. The van der Waals surface area contributed by atoms with Crippen LogP contribution in [0, 0.1) is 5.92 Å². The monoisotopic (exact) mass is 321 g/mol. The van der Waals surface area contributed by atoms with Gasteiger partial charge >= 0.3 is 0 Å². The number of amides is 1. The van der Waals surface area contributed by atoms with Gasteiger partial charge in [-0.25, -0.2) is 4.68 Å². The summed E-state index contributed by atoms with van der Waals surface area (Å²) >= 11 is 5.95. The van der Waals surface area contributed by atoms with Crippen LogP contribution in [0.15, 0.2) is 36.7 Å². The van der Waals surface area contributed by atoms with Crippen LogP contribution in [0.1, 0.15) is 30.6 Å². The van der Waals surface area contributed by atoms with Crippen molar-refractivity contribution in [2.45, 2.75) is 26.3 Å². The number of aliphatic hydroxyl groups is 1. The van der Waals surface area contributed by atoms with Crippen LogP contribution in [0.2, 0.25) is 5.02 Å². The molecule has 0 fully saturated rings. The number of aromatic nitrogens is 2. The maximum absolute atomic E-state index is 12.2. The molecule has 0 aliphatic heterocycles. The Kier molecular flexibility index (Phi) is 5.57. The molecule has 1 aromatic heterocycles. The van der Waals surface area contributed by atoms with E-state index < -0.39 is 0 Å². The first-order chi connectivity index (χ1) is 10.5. The number of carbonyl (C=O) groups is 1. The molecule has 2 rings (SSSR count). The van der Waals surface area contributed by atoms with Gasteiger partial charge in [0.15, 0.2) is 0 Å². The highest BCUT2D eigenvalue weighted by atomic mass is 35.5. The Morgan fingerprint density at radius 3 is 2.86 bits per heavy atom. The lowest BCUT2D eigenvalue weighted by molar-refractivity contribution is 0.0908. The quantitative estimate of drug-likeness (QED) is 0.859. The minimum absolute atomic E-state index is 0.0770. The Balaban J connectivity index is 2.09. The van der Waals surface area contributed by atoms with Crippen LogP contribution in [0.5, 0.6) is 0 Å². The first-order valence-corrected chi connectivity index (χ1v) is 7.59. The number of nitrogens with one attached hydrogen (secondary N) is 1. The van der Waals surface area contributed by atoms with E-state index in [9.17, 15) is 9.90 Å². The molecule has 0 aliphatic carbocycles. The van der Waals surface area contributed by atoms with Gasteiger partial charge in [-0.2, -0.15) is 5.10 Å². The molecule has 1 amide bonds. The third-order valence-corrected chi connectivity index (χ3v) is 3.46. The molecule has 1 aromatic carbocycles. The van der Waals surface area contributed by atoms with E-state index >= 15 is 0 Å². The fraction of sp³-hybridized carbons (Fsp3) is 0.375. The molecule has 118 valence electrons. The molecule has 1 heterocycles. The number of carbonyl (C=O) groups excluding carboxylic acids is 1. The second kappa shape index (κ2) is 7.42. The lowest BCUT2D eigenvalue weighted by Crippen LogP contribution is -2.38. The van der Waals surface area contributed by atoms with E-state index in [2.05, 4.69) is 10.4 Å². The van der Waals surface area contributed by atoms with E-state index in [1.54, 1.807) is 23.0 Å². The molecule has 0 radical (unpaired) electrons. The number of halogens is 1. The van der Waals surface area contributed by atoms with Crippen molar-refractivity contribution in [2.75, 3.05) is 6.61 Å². The Bertz CT molecular complexity index is 640. The third kappa shape index (κ3) is 4.32. The van der Waals surface area contributed by atoms with E-state index in [1.165, 1.54) is 6.20 Å². The minimum atomic E-state index is -0.248. The maximum Gasteiger partial charge on any atom is 0.254 e. The van der Waals surface area contributed by atoms with Gasteiger partial charge < -0.3 is 10.4 Å². The summed E-state index contributed by atoms with van der Waals surface area (Å²) in [6.45, 7) is 4.02. The smallest absolute Gasteiger partial charge is 0.254 e. The van der Waals surface area contributed by atoms with Crippen molar-refractivity contribution < 1.29 is 9.90 Å². The van der Waals surface area contributed by atoms with E-state index in [1.807, 2.05) is 26.0 Å². The Hall–Kier alpha value is -1.85. The first-order valence-electron chi connectivity index (χ1n) is 7.22. The molecule has 6 heteroatoms. The number of hydrogen-bond donors (Lipinski definition) is 2. The molecular weight excluding hydrogens is 302 g/mol. The van der Waals surface area contributed by atoms with Gasteiger partial charge in [-0.15, -0.1) is 0 Å². The molecule has 1 unspecified atom stereocenters. The average Bonchev–Trinajstić information content (AvgIpc) is 2.96. The van der Waals surface area contributed by atoms with Crippen molar-refractivity contribution in [3.8, 4) is 5.69 Å². The number of nitrogens with zero attached hydrogens (tertiary/aromatic N) is 2. The van der Waals surface area contributed by atoms with Crippen LogP contribution < -0.4 is 5.32 Å². The van der Waals surface area contributed by atoms with Crippen LogP contribution in [0.3, 0.4) is 0 Å². The predicted octanol–water partition coefficient (Wildman–Crippen LogP) is 2.66. The SMILES string of the molecule is CC(C)CC(CO)NC(=O)c1cnn(-c2cccc(Cl)c2)c1. The van der Waals surface area contributed by atoms with Crippen LogP contribution >= 0.6 is 11.6 Å². The van der Waals surface area contributed by atoms with Crippen molar-refractivity contribution in [3.05, 3.63) is 47.2 Å². The summed E-state index contributed by atoms with van der Waals surface area (Å²) in [4.78, 5) is 12.2. The van der Waals surface area contributed by atoms with Gasteiger partial charge in [0.2, 0.25) is 0 Å². The standard InChI is InChI=1S/C16H20ClN3O2/c1-11(2)6-14(10-21)19-16(22)12-8-18-20(9-12)15-5-3-4-13(17)7-15/h3-5,7-9,11,14,21H,6,10H2,1-2H3,(H,19,22). The van der Waals surface area contributed by atoms with Crippen molar-refractivity contribution in [3.63, 3.8) is 0 Å². The summed E-state index contributed by atoms with van der Waals surface area (Å²) < 4.78 is 1.59. The van der Waals surface area contributed by atoms with Gasteiger partial charge in [0.1, 0.15) is 0 Å². The molecule has 0 aliphatic rings. The molecule has 0 saturated heterocycles. The minimum Gasteiger partial charge on any atom is -0.394 e. The molecule has 5 nitrogen and oxygen atoms in total. The Morgan fingerprint density at radius 1 is 1.45 bits per heavy atom. The van der Waals surface area contributed by atoms with Crippen LogP contribution in [0.25, 0.3) is 5.69 Å². The zero-order chi connectivity index (χ0) is 16.1. The normalized spacial score (nSPS) is 12.4. The van der Waals surface area contributed by atoms with Crippen molar-refractivity contribution in [1.29, 1.82) is 0 Å². The molecule has 2 N–H and O–H groups in total. The first kappa shape index (κ1) is 16.5. The van der Waals surface area contributed by atoms with Crippen molar-refractivity contribution in [2.24, 2.45) is 5.92 Å². The molecule has 0 bridgehead atoms. The van der Waals surface area contributed by atoms with Gasteiger partial charge in [-0.3, -0.25) is 4.79 Å². The van der Waals surface area contributed by atoms with E-state index in [-0.39, 0.29) is 18.6 Å². The summed E-state index contributed by atoms with van der Waals surface area (Å²) in [6.07, 6.45) is 3.87. The highest BCUT2D eigenvalue weighted by Crippen LogP contribution is 2.15. The largest absolute Gasteiger partial charge is 0.394 e. The summed E-state index contributed by atoms with van der Waals surface area (Å²) in [6, 6.07) is 6.98. The van der Waals surface area contributed by atoms with E-state index in [0.717, 1.165) is 12.1 Å². The van der Waals surface area contributed by atoms with Gasteiger partial charge in [0.25, 0.3) is 5.91 Å². The lowest BCUT2D eigenvalue weighted by Gasteiger charge is -2.17. The van der Waals surface area contributed by atoms with Crippen molar-refractivity contribution in [1.82, 2.24) is 15.1 Å². The highest BCUT2D eigenvalue weighted by Gasteiger charge is 2.16. The van der Waals surface area contributed by atoms with E-state index in [0.29, 0.717) is 16.5 Å². The number of benzene rings is 1. The maximum atomic E-state index is 12.2. The zero-order valence-electron chi connectivity index (χ0n) is 12.7.